The van der Waals surface area contributed by atoms with Crippen LogP contribution in [0.4, 0.5) is 0 Å². The van der Waals surface area contributed by atoms with Crippen LogP contribution in [0.2, 0.25) is 0 Å². The average Bonchev–Trinajstić information content (AvgIpc) is 0.784. The van der Waals surface area contributed by atoms with E-state index in [1.165, 1.54) is 88.0 Å². The van der Waals surface area contributed by atoms with Gasteiger partial charge in [0, 0.05) is 58.1 Å². The summed E-state index contributed by atoms with van der Waals surface area (Å²) in [7, 11) is 0. The third-order valence-electron chi connectivity index (χ3n) is 23.3. The van der Waals surface area contributed by atoms with Crippen molar-refractivity contribution in [3.05, 3.63) is 292 Å². The van der Waals surface area contributed by atoms with Crippen molar-refractivity contribution in [1.29, 1.82) is 0 Å². The van der Waals surface area contributed by atoms with Crippen LogP contribution < -0.4 is 18.9 Å². The maximum atomic E-state index is 13.1. The molecule has 0 saturated carbocycles. The first-order valence-electron chi connectivity index (χ1n) is 44.8. The molecule has 8 aromatic carbocycles. The summed E-state index contributed by atoms with van der Waals surface area (Å²) in [6.07, 6.45) is 29.8. The van der Waals surface area contributed by atoms with Crippen LogP contribution in [0.15, 0.2) is 220 Å². The summed E-state index contributed by atoms with van der Waals surface area (Å²) in [5, 5.41) is 143. The van der Waals surface area contributed by atoms with Crippen LogP contribution in [0.1, 0.15) is 310 Å². The Hall–Kier alpha value is -13.8. The Morgan fingerprint density at radius 3 is 1.01 bits per heavy atom. The molecule has 4 aliphatic rings. The van der Waals surface area contributed by atoms with E-state index in [1.54, 1.807) is 36.4 Å². The van der Waals surface area contributed by atoms with Gasteiger partial charge in [0.15, 0.2) is 46.1 Å². The zero-order valence-corrected chi connectivity index (χ0v) is 78.4. The summed E-state index contributed by atoms with van der Waals surface area (Å²) in [6, 6.07) is 25.4. The number of rotatable bonds is 29. The van der Waals surface area contributed by atoms with Gasteiger partial charge in [-0.1, -0.05) is 147 Å². The number of carbonyl (C=O) groups excluding carboxylic acids is 4. The lowest BCUT2D eigenvalue weighted by molar-refractivity contribution is 0.0833. The number of phenolic OH excluding ortho intramolecular Hbond substituents is 14. The van der Waals surface area contributed by atoms with E-state index in [1.807, 2.05) is 65.0 Å². The molecule has 12 rings (SSSR count). The highest BCUT2D eigenvalue weighted by Gasteiger charge is 2.38. The average molecular weight is 1800 g/mol. The van der Waals surface area contributed by atoms with Gasteiger partial charge in [-0.05, 0) is 265 Å². The highest BCUT2D eigenvalue weighted by molar-refractivity contribution is 6.05. The second-order valence-corrected chi connectivity index (χ2v) is 35.7. The molecule has 0 aromatic heterocycles. The minimum absolute atomic E-state index is 0.0385. The number of Topliss-reactive ketones (excluding diaryl/α,β-unsaturated/α-hetero) is 4. The predicted octanol–water partition coefficient (Wildman–Crippen LogP) is 25.6. The van der Waals surface area contributed by atoms with Gasteiger partial charge in [-0.3, -0.25) is 19.2 Å². The molecule has 0 radical (unpaired) electrons. The third kappa shape index (κ3) is 28.1. The lowest BCUT2D eigenvalue weighted by atomic mass is 9.89. The number of ether oxygens (including phenoxy) is 4. The molecule has 4 heterocycles. The lowest BCUT2D eigenvalue weighted by Crippen LogP contribution is -2.22. The highest BCUT2D eigenvalue weighted by atomic mass is 16.5. The molecule has 0 saturated heterocycles. The monoisotopic (exact) mass is 1800 g/mol. The predicted molar refractivity (Wildman–Crippen MR) is 515 cm³/mol. The Kier molecular flexibility index (Phi) is 36.4. The summed E-state index contributed by atoms with van der Waals surface area (Å²) in [5.41, 5.74) is 17.3. The fourth-order valence-electron chi connectivity index (χ4n) is 15.6. The number of phenols is 14. The van der Waals surface area contributed by atoms with Crippen LogP contribution in [-0.4, -0.2) is 94.6 Å². The number of fused-ring (bicyclic) bond motifs is 4. The molecule has 22 nitrogen and oxygen atoms in total. The van der Waals surface area contributed by atoms with Gasteiger partial charge in [-0.2, -0.15) is 0 Å². The quantitative estimate of drug-likeness (QED) is 0.0153. The van der Waals surface area contributed by atoms with Crippen LogP contribution in [0, 0.1) is 0 Å². The second kappa shape index (κ2) is 47.2. The minimum atomic E-state index is -0.742. The van der Waals surface area contributed by atoms with Gasteiger partial charge in [0.1, 0.15) is 127 Å². The van der Waals surface area contributed by atoms with Crippen molar-refractivity contribution in [1.82, 2.24) is 0 Å². The van der Waals surface area contributed by atoms with E-state index in [9.17, 15) is 90.7 Å². The van der Waals surface area contributed by atoms with E-state index >= 15 is 0 Å². The molecule has 4 atom stereocenters. The molecule has 0 unspecified atom stereocenters. The van der Waals surface area contributed by atoms with Crippen molar-refractivity contribution >= 4 is 23.1 Å². The van der Waals surface area contributed by atoms with E-state index in [0.717, 1.165) is 109 Å². The van der Waals surface area contributed by atoms with Crippen molar-refractivity contribution < 1.29 is 110 Å². The number of allylic oxidation sites excluding steroid dienone is 20. The Labute approximate surface area is 774 Å². The number of benzene rings is 8. The van der Waals surface area contributed by atoms with Gasteiger partial charge >= 0.3 is 0 Å². The van der Waals surface area contributed by atoms with Gasteiger partial charge in [-0.25, -0.2) is 0 Å². The van der Waals surface area contributed by atoms with Crippen molar-refractivity contribution in [3.63, 3.8) is 0 Å². The van der Waals surface area contributed by atoms with Gasteiger partial charge in [0.25, 0.3) is 0 Å². The van der Waals surface area contributed by atoms with E-state index in [2.05, 4.69) is 106 Å². The smallest absolute Gasteiger partial charge is 0.174 e. The second-order valence-electron chi connectivity index (χ2n) is 35.7. The lowest BCUT2D eigenvalue weighted by Gasteiger charge is -2.28. The van der Waals surface area contributed by atoms with Crippen molar-refractivity contribution in [2.75, 3.05) is 0 Å². The minimum Gasteiger partial charge on any atom is -0.508 e. The fraction of sp³-hybridized carbons (Fsp3) is 0.345. The first-order chi connectivity index (χ1) is 62.5. The molecule has 14 N–H and O–H groups in total. The number of hydrogen-bond acceptors (Lipinski definition) is 22. The zero-order valence-electron chi connectivity index (χ0n) is 78.4. The molecule has 700 valence electrons. The Morgan fingerprint density at radius 1 is 0.265 bits per heavy atom. The molecular formula is C110H128O22. The van der Waals surface area contributed by atoms with E-state index < -0.39 is 24.4 Å². The Bertz CT molecular complexity index is 5890. The first kappa shape index (κ1) is 102. The third-order valence-corrected chi connectivity index (χ3v) is 23.3. The molecule has 4 aliphatic heterocycles. The molecule has 0 aliphatic carbocycles. The summed E-state index contributed by atoms with van der Waals surface area (Å²) in [4.78, 5) is 51.3. The number of ketones is 4. The summed E-state index contributed by atoms with van der Waals surface area (Å²) < 4.78 is 23.8. The van der Waals surface area contributed by atoms with Crippen LogP contribution in [0.25, 0.3) is 0 Å². The normalized spacial score (nSPS) is 15.8. The maximum Gasteiger partial charge on any atom is 0.174 e. The van der Waals surface area contributed by atoms with E-state index in [4.69, 9.17) is 18.9 Å². The molecule has 22 heteroatoms. The van der Waals surface area contributed by atoms with Crippen LogP contribution >= 0.6 is 0 Å². The van der Waals surface area contributed by atoms with Crippen molar-refractivity contribution in [2.45, 2.75) is 250 Å². The van der Waals surface area contributed by atoms with Gasteiger partial charge < -0.3 is 90.4 Å². The number of hydrogen-bond donors (Lipinski definition) is 14. The van der Waals surface area contributed by atoms with Gasteiger partial charge in [-0.15, -0.1) is 0 Å². The van der Waals surface area contributed by atoms with E-state index in [-0.39, 0.29) is 180 Å². The first-order valence-corrected chi connectivity index (χ1v) is 44.8. The van der Waals surface area contributed by atoms with Crippen molar-refractivity contribution in [2.24, 2.45) is 0 Å². The van der Waals surface area contributed by atoms with Crippen molar-refractivity contribution in [3.8, 4) is 103 Å². The maximum absolute atomic E-state index is 13.1. The van der Waals surface area contributed by atoms with Gasteiger partial charge in [0.05, 0.1) is 25.7 Å². The molecule has 0 fully saturated rings. The molecule has 0 spiro atoms. The molecule has 0 amide bonds. The fourth-order valence-corrected chi connectivity index (χ4v) is 15.6. The molecule has 132 heavy (non-hydrogen) atoms. The molecule has 8 aromatic rings. The standard InChI is InChI=1S/2C30H36O6.2C25H28O5/c1-17(2)7-6-8-19(5)10-12-21-20(13-14-23(31)29(21)34)26-16-25(33)28-27(36-26)15-24(32)22(30(28)35)11-9-18(3)4;1-18(2)7-5-8-19(3)9-6-10-20(4)11-13-22-24(32)16-28-29(30(22)35)26(34)17-27(36-28)21-12-14-23(31)25(33)15-21;1-15(2)5-4-6-16(3)7-12-19-20(27)13-23-24(25(19)29)21(28)14-22(30-23)17-8-10-18(26)11-9-17;1-15(2)5-4-6-16(3)7-8-17-11-18(9-10-20(17)27)23-14-22(29)25-21(28)12-19(26)13-24(25)30-23/h7,9-10,13-15,26,31-32,34-35H,6,8,11-12,16H2,1-5H3;7,9,11-12,14-16,27,31-33,35H,5-6,8,10,13,17H2,1-4H3;5,7-11,13,22,26-27,29H,4,6,12,14H2,1-3H3;5,7,9-13,23,26-28H,4,6,8,14H2,1-3H3/b19-10+;19-9+,20-11+;2*16-7+/t26-;27-;22-;23-/m0000/s1. The number of carbonyl (C=O) groups is 4. The largest absolute Gasteiger partial charge is 0.508 e. The number of aromatic hydroxyl groups is 14. The van der Waals surface area contributed by atoms with E-state index in [0.29, 0.717) is 59.9 Å². The van der Waals surface area contributed by atoms with Crippen LogP contribution in [0.5, 0.6) is 103 Å². The highest BCUT2D eigenvalue weighted by Crippen LogP contribution is 2.51. The van der Waals surface area contributed by atoms with Crippen LogP contribution in [-0.2, 0) is 32.1 Å². The van der Waals surface area contributed by atoms with Crippen LogP contribution in [0.3, 0.4) is 0 Å². The SMILES string of the molecule is CC(C)=CCC/C(C)=C/CC/C(C)=C/Cc1c(O)cc2c(c1O)C(=O)C[C@@H](c1ccc(O)c(O)c1)O2.CC(C)=CCC/C(C)=C/Cc1c(O)cc2c(c1O)C(=O)C[C@@H](c1ccc(O)cc1)O2.CC(C)=CCC/C(C)=C/Cc1c([C@@H]2CC(=O)c3c(cc(O)c(CC=C(C)C)c3O)O2)ccc(O)c1O.CC(C)=CCC/C(C)=C/Cc1cc([C@@H]2CC(=O)c3c(O)cc(O)cc3O2)ccc1O. The summed E-state index contributed by atoms with van der Waals surface area (Å²) in [5.74, 6) is -2.92. The Balaban J connectivity index is 0.000000199. The topological polar surface area (TPSA) is 388 Å². The van der Waals surface area contributed by atoms with Gasteiger partial charge in [0.2, 0.25) is 0 Å². The summed E-state index contributed by atoms with van der Waals surface area (Å²) in [6.45, 7) is 30.7. The molecular weight excluding hydrogens is 1670 g/mol. The molecule has 0 bridgehead atoms. The summed E-state index contributed by atoms with van der Waals surface area (Å²) >= 11 is 0. The Morgan fingerprint density at radius 2 is 0.591 bits per heavy atom. The zero-order chi connectivity index (χ0) is 96.6.